The van der Waals surface area contributed by atoms with Crippen molar-refractivity contribution < 1.29 is 4.79 Å². The minimum absolute atomic E-state index is 0.251. The van der Waals surface area contributed by atoms with Crippen molar-refractivity contribution in [2.75, 3.05) is 11.9 Å². The van der Waals surface area contributed by atoms with Crippen LogP contribution < -0.4 is 10.6 Å². The first kappa shape index (κ1) is 13.7. The van der Waals surface area contributed by atoms with E-state index in [1.54, 1.807) is 18.3 Å². The van der Waals surface area contributed by atoms with Crippen molar-refractivity contribution in [3.8, 4) is 0 Å². The fourth-order valence-electron chi connectivity index (χ4n) is 1.57. The number of rotatable bonds is 5. The third kappa shape index (κ3) is 3.65. The van der Waals surface area contributed by atoms with Gasteiger partial charge in [0.25, 0.3) is 5.91 Å². The van der Waals surface area contributed by atoms with Crippen molar-refractivity contribution >= 4 is 17.5 Å². The molecule has 0 aliphatic carbocycles. The lowest BCUT2D eigenvalue weighted by Crippen LogP contribution is -2.24. The second-order valence-electron chi connectivity index (χ2n) is 4.26. The molecule has 0 aliphatic rings. The smallest absolute Gasteiger partial charge is 0.270 e. The highest BCUT2D eigenvalue weighted by atomic mass is 16.1. The molecule has 0 fully saturated rings. The predicted octanol–water partition coefficient (Wildman–Crippen LogP) is 2.44. The molecule has 0 spiro atoms. The van der Waals surface area contributed by atoms with Crippen LogP contribution in [0.3, 0.4) is 0 Å². The maximum Gasteiger partial charge on any atom is 0.270 e. The fourth-order valence-corrected chi connectivity index (χ4v) is 1.57. The van der Waals surface area contributed by atoms with Crippen LogP contribution in [0.25, 0.3) is 0 Å². The summed E-state index contributed by atoms with van der Waals surface area (Å²) in [5.41, 5.74) is 2.37. The molecule has 5 nitrogen and oxygen atoms in total. The van der Waals surface area contributed by atoms with Gasteiger partial charge in [-0.3, -0.25) is 4.79 Å². The Hall–Kier alpha value is -2.69. The number of carbonyl (C=O) groups is 1. The van der Waals surface area contributed by atoms with Gasteiger partial charge in [-0.05, 0) is 25.1 Å². The summed E-state index contributed by atoms with van der Waals surface area (Å²) in [4.78, 5) is 20.0. The Labute approximate surface area is 117 Å². The number of aromatic nitrogens is 2. The third-order valence-electron chi connectivity index (χ3n) is 2.60. The number of nitrogens with zero attached hydrogens (tertiary/aromatic N) is 2. The number of carbonyl (C=O) groups excluding carboxylic acids is 1. The number of benzene rings is 1. The minimum Gasteiger partial charge on any atom is -0.347 e. The van der Waals surface area contributed by atoms with E-state index >= 15 is 0 Å². The summed E-state index contributed by atoms with van der Waals surface area (Å²) in [6, 6.07) is 9.41. The van der Waals surface area contributed by atoms with E-state index in [-0.39, 0.29) is 5.91 Å². The standard InChI is InChI=1S/C15H16N4O/c1-3-9-16-14(20)13-8-10-17-15(19-13)18-12-6-4-11(2)5-7-12/h3-8,10H,1,9H2,2H3,(H,16,20)(H,17,18,19). The quantitative estimate of drug-likeness (QED) is 0.817. The lowest BCUT2D eigenvalue weighted by molar-refractivity contribution is 0.0953. The fraction of sp³-hybridized carbons (Fsp3) is 0.133. The number of anilines is 2. The van der Waals surface area contributed by atoms with Crippen molar-refractivity contribution in [2.24, 2.45) is 0 Å². The lowest BCUT2D eigenvalue weighted by Gasteiger charge is -2.06. The minimum atomic E-state index is -0.251. The molecule has 0 aliphatic heterocycles. The molecule has 0 saturated heterocycles. The summed E-state index contributed by atoms with van der Waals surface area (Å²) in [7, 11) is 0. The number of hydrogen-bond donors (Lipinski definition) is 2. The Bertz CT molecular complexity index is 608. The molecule has 1 aromatic heterocycles. The largest absolute Gasteiger partial charge is 0.347 e. The van der Waals surface area contributed by atoms with E-state index in [0.29, 0.717) is 18.2 Å². The van der Waals surface area contributed by atoms with Crippen LogP contribution in [-0.4, -0.2) is 22.4 Å². The average molecular weight is 268 g/mol. The van der Waals surface area contributed by atoms with Crippen LogP contribution in [0.4, 0.5) is 11.6 Å². The monoisotopic (exact) mass is 268 g/mol. The molecule has 1 heterocycles. The summed E-state index contributed by atoms with van der Waals surface area (Å²) in [5.74, 6) is 0.138. The molecule has 0 bridgehead atoms. The van der Waals surface area contributed by atoms with E-state index in [2.05, 4.69) is 27.2 Å². The van der Waals surface area contributed by atoms with Crippen LogP contribution in [-0.2, 0) is 0 Å². The summed E-state index contributed by atoms with van der Waals surface area (Å²) in [6.07, 6.45) is 3.16. The molecule has 1 amide bonds. The topological polar surface area (TPSA) is 66.9 Å². The van der Waals surface area contributed by atoms with Crippen LogP contribution in [0.2, 0.25) is 0 Å². The van der Waals surface area contributed by atoms with Gasteiger partial charge < -0.3 is 10.6 Å². The highest BCUT2D eigenvalue weighted by molar-refractivity contribution is 5.92. The van der Waals surface area contributed by atoms with Gasteiger partial charge in [-0.1, -0.05) is 23.8 Å². The van der Waals surface area contributed by atoms with Crippen molar-refractivity contribution in [1.29, 1.82) is 0 Å². The molecule has 0 saturated carbocycles. The second kappa shape index (κ2) is 6.47. The van der Waals surface area contributed by atoms with Gasteiger partial charge in [0.05, 0.1) is 0 Å². The molecule has 5 heteroatoms. The number of aryl methyl sites for hydroxylation is 1. The van der Waals surface area contributed by atoms with E-state index in [4.69, 9.17) is 0 Å². The first-order chi connectivity index (χ1) is 9.69. The molecule has 2 N–H and O–H groups in total. The van der Waals surface area contributed by atoms with Gasteiger partial charge in [-0.15, -0.1) is 6.58 Å². The zero-order valence-electron chi connectivity index (χ0n) is 11.3. The average Bonchev–Trinajstić information content (AvgIpc) is 2.47. The van der Waals surface area contributed by atoms with Gasteiger partial charge >= 0.3 is 0 Å². The second-order valence-corrected chi connectivity index (χ2v) is 4.26. The Kier molecular flexibility index (Phi) is 4.44. The maximum atomic E-state index is 11.8. The Morgan fingerprint density at radius 1 is 1.30 bits per heavy atom. The van der Waals surface area contributed by atoms with Crippen LogP contribution >= 0.6 is 0 Å². The molecule has 1 aromatic carbocycles. The Morgan fingerprint density at radius 2 is 2.05 bits per heavy atom. The van der Waals surface area contributed by atoms with Gasteiger partial charge in [0.1, 0.15) is 5.69 Å². The number of hydrogen-bond acceptors (Lipinski definition) is 4. The van der Waals surface area contributed by atoms with Crippen molar-refractivity contribution in [2.45, 2.75) is 6.92 Å². The number of nitrogens with one attached hydrogen (secondary N) is 2. The van der Waals surface area contributed by atoms with Crippen LogP contribution in [0.15, 0.2) is 49.2 Å². The molecule has 0 atom stereocenters. The van der Waals surface area contributed by atoms with E-state index < -0.39 is 0 Å². The zero-order valence-corrected chi connectivity index (χ0v) is 11.3. The zero-order chi connectivity index (χ0) is 14.4. The van der Waals surface area contributed by atoms with Gasteiger partial charge in [0, 0.05) is 18.4 Å². The maximum absolute atomic E-state index is 11.8. The van der Waals surface area contributed by atoms with Gasteiger partial charge in [0.2, 0.25) is 5.95 Å². The Morgan fingerprint density at radius 3 is 2.75 bits per heavy atom. The first-order valence-corrected chi connectivity index (χ1v) is 6.25. The molecular formula is C15H16N4O. The molecule has 20 heavy (non-hydrogen) atoms. The Balaban J connectivity index is 2.11. The van der Waals surface area contributed by atoms with E-state index in [1.165, 1.54) is 5.56 Å². The molecule has 2 rings (SSSR count). The molecule has 2 aromatic rings. The van der Waals surface area contributed by atoms with Crippen LogP contribution in [0, 0.1) is 6.92 Å². The van der Waals surface area contributed by atoms with Crippen LogP contribution in [0.1, 0.15) is 16.1 Å². The first-order valence-electron chi connectivity index (χ1n) is 6.25. The van der Waals surface area contributed by atoms with Gasteiger partial charge in [-0.25, -0.2) is 9.97 Å². The van der Waals surface area contributed by atoms with Crippen molar-refractivity contribution in [3.63, 3.8) is 0 Å². The van der Waals surface area contributed by atoms with E-state index in [9.17, 15) is 4.79 Å². The molecule has 0 unspecified atom stereocenters. The van der Waals surface area contributed by atoms with E-state index in [1.807, 2.05) is 31.2 Å². The molecule has 102 valence electrons. The van der Waals surface area contributed by atoms with Gasteiger partial charge in [0.15, 0.2) is 0 Å². The van der Waals surface area contributed by atoms with Crippen molar-refractivity contribution in [1.82, 2.24) is 15.3 Å². The molecule has 0 radical (unpaired) electrons. The highest BCUT2D eigenvalue weighted by Gasteiger charge is 2.07. The highest BCUT2D eigenvalue weighted by Crippen LogP contribution is 2.13. The molecular weight excluding hydrogens is 252 g/mol. The summed E-state index contributed by atoms with van der Waals surface area (Å²) >= 11 is 0. The summed E-state index contributed by atoms with van der Waals surface area (Å²) in [6.45, 7) is 5.97. The third-order valence-corrected chi connectivity index (χ3v) is 2.60. The van der Waals surface area contributed by atoms with Crippen molar-refractivity contribution in [3.05, 3.63) is 60.4 Å². The lowest BCUT2D eigenvalue weighted by atomic mass is 10.2. The summed E-state index contributed by atoms with van der Waals surface area (Å²) < 4.78 is 0. The summed E-state index contributed by atoms with van der Waals surface area (Å²) in [5, 5.41) is 5.73. The van der Waals surface area contributed by atoms with Crippen LogP contribution in [0.5, 0.6) is 0 Å². The van der Waals surface area contributed by atoms with E-state index in [0.717, 1.165) is 5.69 Å². The SMILES string of the molecule is C=CCNC(=O)c1ccnc(Nc2ccc(C)cc2)n1. The van der Waals surface area contributed by atoms with Gasteiger partial charge in [-0.2, -0.15) is 0 Å². The number of amides is 1. The normalized spacial score (nSPS) is 9.85. The predicted molar refractivity (Wildman–Crippen MR) is 79.0 cm³/mol.